The van der Waals surface area contributed by atoms with Gasteiger partial charge in [-0.15, -0.1) is 0 Å². The number of carbonyl (C=O) groups is 1. The largest absolute Gasteiger partial charge is 0.491 e. The number of nitrogens with one attached hydrogen (secondary N) is 1. The summed E-state index contributed by atoms with van der Waals surface area (Å²) in [6.07, 6.45) is 4.07. The molecule has 1 N–H and O–H groups in total. The van der Waals surface area contributed by atoms with E-state index < -0.39 is 0 Å². The van der Waals surface area contributed by atoms with Gasteiger partial charge in [-0.2, -0.15) is 0 Å². The van der Waals surface area contributed by atoms with E-state index in [1.807, 2.05) is 55.5 Å². The summed E-state index contributed by atoms with van der Waals surface area (Å²) in [6.45, 7) is 2.47. The van der Waals surface area contributed by atoms with Gasteiger partial charge in [0.25, 0.3) is 0 Å². The summed E-state index contributed by atoms with van der Waals surface area (Å²) in [5.41, 5.74) is 0.763. The number of rotatable bonds is 6. The normalized spacial score (nSPS) is 17.2. The minimum atomic E-state index is -0.373. The van der Waals surface area contributed by atoms with Crippen molar-refractivity contribution in [3.05, 3.63) is 66.2 Å². The molecule has 126 valence electrons. The molecule has 0 radical (unpaired) electrons. The van der Waals surface area contributed by atoms with Gasteiger partial charge in [-0.05, 0) is 37.5 Å². The van der Waals surface area contributed by atoms with Crippen molar-refractivity contribution in [3.63, 3.8) is 0 Å². The number of hydrogen-bond acceptors (Lipinski definition) is 2. The quantitative estimate of drug-likeness (QED) is 0.870. The molecule has 1 amide bonds. The maximum Gasteiger partial charge on any atom is 0.230 e. The Hall–Kier alpha value is -2.29. The molecule has 0 saturated heterocycles. The fourth-order valence-corrected chi connectivity index (χ4v) is 3.52. The van der Waals surface area contributed by atoms with Gasteiger partial charge in [-0.1, -0.05) is 61.4 Å². The number of ether oxygens (including phenoxy) is 1. The van der Waals surface area contributed by atoms with E-state index in [4.69, 9.17) is 4.74 Å². The third kappa shape index (κ3) is 3.61. The lowest BCUT2D eigenvalue weighted by Crippen LogP contribution is -2.47. The molecule has 1 atom stereocenters. The van der Waals surface area contributed by atoms with Crippen molar-refractivity contribution in [2.24, 2.45) is 0 Å². The van der Waals surface area contributed by atoms with Crippen LogP contribution in [-0.2, 0) is 10.2 Å². The van der Waals surface area contributed by atoms with Gasteiger partial charge in [0.1, 0.15) is 12.4 Å². The van der Waals surface area contributed by atoms with E-state index in [1.165, 1.54) is 0 Å². The molecule has 2 aromatic carbocycles. The van der Waals surface area contributed by atoms with E-state index in [2.05, 4.69) is 17.4 Å². The summed E-state index contributed by atoms with van der Waals surface area (Å²) < 4.78 is 5.76. The van der Waals surface area contributed by atoms with Crippen molar-refractivity contribution < 1.29 is 9.53 Å². The Morgan fingerprint density at radius 1 is 1.04 bits per heavy atom. The Morgan fingerprint density at radius 2 is 1.62 bits per heavy atom. The minimum Gasteiger partial charge on any atom is -0.491 e. The van der Waals surface area contributed by atoms with Crippen LogP contribution >= 0.6 is 0 Å². The highest BCUT2D eigenvalue weighted by molar-refractivity contribution is 5.88. The zero-order valence-electron chi connectivity index (χ0n) is 14.2. The topological polar surface area (TPSA) is 38.3 Å². The third-order valence-electron chi connectivity index (χ3n) is 4.84. The first-order valence-corrected chi connectivity index (χ1v) is 8.75. The Kier molecular flexibility index (Phi) is 5.19. The molecule has 1 saturated carbocycles. The molecule has 0 bridgehead atoms. The molecule has 2 aromatic rings. The number of carbonyl (C=O) groups excluding carboxylic acids is 1. The summed E-state index contributed by atoms with van der Waals surface area (Å²) in [4.78, 5) is 13.0. The average molecular weight is 323 g/mol. The van der Waals surface area contributed by atoms with Crippen molar-refractivity contribution in [1.82, 2.24) is 5.32 Å². The Labute approximate surface area is 144 Å². The molecule has 1 aliphatic carbocycles. The van der Waals surface area contributed by atoms with Crippen molar-refractivity contribution in [2.75, 3.05) is 6.61 Å². The fraction of sp³-hybridized carbons (Fsp3) is 0.381. The molecule has 0 aromatic heterocycles. The van der Waals surface area contributed by atoms with E-state index in [1.54, 1.807) is 0 Å². The van der Waals surface area contributed by atoms with Crippen LogP contribution in [0, 0.1) is 0 Å². The molecule has 1 fully saturated rings. The molecule has 24 heavy (non-hydrogen) atoms. The highest BCUT2D eigenvalue weighted by atomic mass is 16.5. The molecule has 0 heterocycles. The standard InChI is InChI=1S/C21H25NO2/c1-17(16-24-19-12-6-3-7-13-19)22-20(23)21(14-8-9-15-21)18-10-4-2-5-11-18/h2-7,10-13,17H,8-9,14-16H2,1H3,(H,22,23)/t17-/m1/s1. The van der Waals surface area contributed by atoms with E-state index in [9.17, 15) is 4.79 Å². The first-order chi connectivity index (χ1) is 11.7. The first kappa shape index (κ1) is 16.6. The number of amides is 1. The zero-order valence-corrected chi connectivity index (χ0v) is 14.2. The van der Waals surface area contributed by atoms with Crippen LogP contribution in [-0.4, -0.2) is 18.6 Å². The average Bonchev–Trinajstić information content (AvgIpc) is 3.13. The summed E-state index contributed by atoms with van der Waals surface area (Å²) in [7, 11) is 0. The lowest BCUT2D eigenvalue weighted by molar-refractivity contribution is -0.127. The van der Waals surface area contributed by atoms with Crippen LogP contribution in [0.1, 0.15) is 38.2 Å². The SMILES string of the molecule is C[C@H](COc1ccccc1)NC(=O)C1(c2ccccc2)CCCC1. The van der Waals surface area contributed by atoms with Crippen LogP contribution in [0.4, 0.5) is 0 Å². The second-order valence-corrected chi connectivity index (χ2v) is 6.65. The summed E-state index contributed by atoms with van der Waals surface area (Å²) in [5, 5.41) is 3.17. The molecular weight excluding hydrogens is 298 g/mol. The summed E-state index contributed by atoms with van der Waals surface area (Å²) in [6, 6.07) is 19.9. The van der Waals surface area contributed by atoms with Crippen molar-refractivity contribution in [2.45, 2.75) is 44.1 Å². The monoisotopic (exact) mass is 323 g/mol. The van der Waals surface area contributed by atoms with E-state index in [0.29, 0.717) is 6.61 Å². The van der Waals surface area contributed by atoms with Gasteiger partial charge in [0.05, 0.1) is 11.5 Å². The van der Waals surface area contributed by atoms with E-state index >= 15 is 0 Å². The summed E-state index contributed by atoms with van der Waals surface area (Å²) in [5.74, 6) is 0.965. The van der Waals surface area contributed by atoms with Gasteiger partial charge < -0.3 is 10.1 Å². The number of benzene rings is 2. The predicted octanol–water partition coefficient (Wildman–Crippen LogP) is 4.08. The fourth-order valence-electron chi connectivity index (χ4n) is 3.52. The molecule has 3 nitrogen and oxygen atoms in total. The second-order valence-electron chi connectivity index (χ2n) is 6.65. The third-order valence-corrected chi connectivity index (χ3v) is 4.84. The van der Waals surface area contributed by atoms with Crippen molar-refractivity contribution in [1.29, 1.82) is 0 Å². The number of para-hydroxylation sites is 1. The minimum absolute atomic E-state index is 0.0288. The first-order valence-electron chi connectivity index (χ1n) is 8.75. The zero-order chi connectivity index (χ0) is 16.8. The van der Waals surface area contributed by atoms with Gasteiger partial charge in [0, 0.05) is 0 Å². The molecule has 1 aliphatic rings. The van der Waals surface area contributed by atoms with Crippen LogP contribution in [0.15, 0.2) is 60.7 Å². The molecule has 0 unspecified atom stereocenters. The maximum atomic E-state index is 13.0. The highest BCUT2D eigenvalue weighted by Crippen LogP contribution is 2.41. The molecule has 3 heteroatoms. The van der Waals surface area contributed by atoms with Gasteiger partial charge in [-0.25, -0.2) is 0 Å². The van der Waals surface area contributed by atoms with Gasteiger partial charge in [0.2, 0.25) is 5.91 Å². The van der Waals surface area contributed by atoms with Crippen molar-refractivity contribution in [3.8, 4) is 5.75 Å². The Balaban J connectivity index is 1.64. The van der Waals surface area contributed by atoms with Crippen LogP contribution < -0.4 is 10.1 Å². The van der Waals surface area contributed by atoms with Crippen molar-refractivity contribution >= 4 is 5.91 Å². The lowest BCUT2D eigenvalue weighted by Gasteiger charge is -2.30. The van der Waals surface area contributed by atoms with E-state index in [0.717, 1.165) is 37.0 Å². The van der Waals surface area contributed by atoms with Gasteiger partial charge in [0.15, 0.2) is 0 Å². The van der Waals surface area contributed by atoms with Crippen LogP contribution in [0.2, 0.25) is 0 Å². The van der Waals surface area contributed by atoms with Crippen LogP contribution in [0.5, 0.6) is 5.75 Å². The lowest BCUT2D eigenvalue weighted by atomic mass is 9.78. The van der Waals surface area contributed by atoms with E-state index in [-0.39, 0.29) is 17.4 Å². The smallest absolute Gasteiger partial charge is 0.230 e. The van der Waals surface area contributed by atoms with Crippen LogP contribution in [0.25, 0.3) is 0 Å². The Bertz CT molecular complexity index is 648. The summed E-state index contributed by atoms with van der Waals surface area (Å²) >= 11 is 0. The number of hydrogen-bond donors (Lipinski definition) is 1. The van der Waals surface area contributed by atoms with Gasteiger partial charge >= 0.3 is 0 Å². The second kappa shape index (κ2) is 7.52. The molecule has 0 spiro atoms. The van der Waals surface area contributed by atoms with Gasteiger partial charge in [-0.3, -0.25) is 4.79 Å². The van der Waals surface area contributed by atoms with Crippen LogP contribution in [0.3, 0.4) is 0 Å². The molecule has 3 rings (SSSR count). The maximum absolute atomic E-state index is 13.0. The molecule has 0 aliphatic heterocycles. The predicted molar refractivity (Wildman–Crippen MR) is 96.1 cm³/mol. The molecular formula is C21H25NO2. The highest BCUT2D eigenvalue weighted by Gasteiger charge is 2.42. The Morgan fingerprint density at radius 3 is 2.25 bits per heavy atom.